The van der Waals surface area contributed by atoms with Crippen molar-refractivity contribution >= 4 is 45.4 Å². The number of aryl methyl sites for hydroxylation is 1. The van der Waals surface area contributed by atoms with Crippen LogP contribution < -0.4 is 15.5 Å². The smallest absolute Gasteiger partial charge is 0.336 e. The van der Waals surface area contributed by atoms with Gasteiger partial charge in [-0.15, -0.1) is 0 Å². The molecule has 0 bridgehead atoms. The normalized spacial score (nSPS) is 10.7. The highest BCUT2D eigenvalue weighted by atomic mass is 35.5. The number of carbonyl (C=O) groups excluding carboxylic acids is 1. The second-order valence-electron chi connectivity index (χ2n) is 6.09. The van der Waals surface area contributed by atoms with Crippen molar-refractivity contribution in [3.8, 4) is 17.0 Å². The lowest BCUT2D eigenvalue weighted by atomic mass is 10.1. The zero-order chi connectivity index (χ0) is 22.0. The van der Waals surface area contributed by atoms with Gasteiger partial charge in [0.15, 0.2) is 11.4 Å². The van der Waals surface area contributed by atoms with E-state index in [0.29, 0.717) is 16.1 Å². The number of benzene rings is 2. The lowest BCUT2D eigenvalue weighted by Crippen LogP contribution is -2.17. The number of nitro groups is 1. The average molecular weight is 449 g/mol. The van der Waals surface area contributed by atoms with Crippen LogP contribution in [0.2, 0.25) is 5.02 Å². The summed E-state index contributed by atoms with van der Waals surface area (Å²) in [4.78, 5) is 33.3. The number of aromatic nitrogens is 1. The minimum Gasteiger partial charge on any atom is -0.490 e. The van der Waals surface area contributed by atoms with E-state index >= 15 is 0 Å². The summed E-state index contributed by atoms with van der Waals surface area (Å²) in [5, 5.41) is 13.4. The van der Waals surface area contributed by atoms with Crippen molar-refractivity contribution in [1.29, 1.82) is 0 Å². The molecule has 156 valence electrons. The molecule has 0 fully saturated rings. The Morgan fingerprint density at radius 3 is 2.57 bits per heavy atom. The van der Waals surface area contributed by atoms with E-state index < -0.39 is 10.8 Å². The van der Waals surface area contributed by atoms with E-state index in [1.165, 1.54) is 14.2 Å². The van der Waals surface area contributed by atoms with Crippen LogP contribution in [0.1, 0.15) is 15.2 Å². The maximum atomic E-state index is 12.1. The molecule has 0 radical (unpaired) electrons. The standard InChI is InChI=1S/C19H17ClN4O5S/c1-10-8-13(16(24(26)27)14(9-10)28-2)23(29-3)19-22-15(17(30-19)18(21)25)11-6-4-5-7-12(11)20/h4-9H,1-3H3,(H2,21,25). The first-order valence-electron chi connectivity index (χ1n) is 8.51. The predicted molar refractivity (Wildman–Crippen MR) is 115 cm³/mol. The third-order valence-corrected chi connectivity index (χ3v) is 5.51. The summed E-state index contributed by atoms with van der Waals surface area (Å²) in [6.07, 6.45) is 0. The van der Waals surface area contributed by atoms with Gasteiger partial charge in [0.1, 0.15) is 4.88 Å². The van der Waals surface area contributed by atoms with E-state index in [1.807, 2.05) is 0 Å². The van der Waals surface area contributed by atoms with Crippen LogP contribution in [0.15, 0.2) is 36.4 Å². The second-order valence-corrected chi connectivity index (χ2v) is 7.47. The summed E-state index contributed by atoms with van der Waals surface area (Å²) in [5.74, 6) is -0.642. The van der Waals surface area contributed by atoms with Crippen LogP contribution in [-0.2, 0) is 4.84 Å². The van der Waals surface area contributed by atoms with Crippen molar-refractivity contribution in [2.24, 2.45) is 5.73 Å². The summed E-state index contributed by atoms with van der Waals surface area (Å²) >= 11 is 7.20. The summed E-state index contributed by atoms with van der Waals surface area (Å²) < 4.78 is 5.18. The lowest BCUT2D eigenvalue weighted by Gasteiger charge is -2.20. The van der Waals surface area contributed by atoms with Crippen molar-refractivity contribution in [3.05, 3.63) is 62.0 Å². The number of primary amides is 1. The number of rotatable bonds is 7. The molecule has 0 atom stereocenters. The number of nitro benzene ring substituents is 1. The number of carbonyl (C=O) groups is 1. The molecule has 1 amide bonds. The average Bonchev–Trinajstić information content (AvgIpc) is 3.13. The van der Waals surface area contributed by atoms with E-state index in [9.17, 15) is 14.9 Å². The van der Waals surface area contributed by atoms with Gasteiger partial charge >= 0.3 is 5.69 Å². The van der Waals surface area contributed by atoms with Crippen LogP contribution in [0, 0.1) is 17.0 Å². The highest BCUT2D eigenvalue weighted by molar-refractivity contribution is 7.18. The van der Waals surface area contributed by atoms with Crippen LogP contribution in [0.5, 0.6) is 5.75 Å². The van der Waals surface area contributed by atoms with Crippen LogP contribution in [0.25, 0.3) is 11.3 Å². The minimum atomic E-state index is -0.707. The number of nitrogens with zero attached hydrogens (tertiary/aromatic N) is 3. The third kappa shape index (κ3) is 3.92. The maximum Gasteiger partial charge on any atom is 0.336 e. The summed E-state index contributed by atoms with van der Waals surface area (Å²) in [6, 6.07) is 9.95. The Hall–Kier alpha value is -3.21. The molecule has 0 aliphatic rings. The van der Waals surface area contributed by atoms with Gasteiger partial charge in [0, 0.05) is 5.56 Å². The number of methoxy groups -OCH3 is 1. The number of hydrogen-bond acceptors (Lipinski definition) is 8. The van der Waals surface area contributed by atoms with Gasteiger partial charge in [0.25, 0.3) is 5.91 Å². The highest BCUT2D eigenvalue weighted by Gasteiger charge is 2.30. The molecule has 0 aliphatic carbocycles. The molecule has 30 heavy (non-hydrogen) atoms. The molecule has 11 heteroatoms. The van der Waals surface area contributed by atoms with Gasteiger partial charge in [-0.2, -0.15) is 5.06 Å². The number of anilines is 2. The molecular formula is C19H17ClN4O5S. The molecule has 9 nitrogen and oxygen atoms in total. The first kappa shape index (κ1) is 21.5. The predicted octanol–water partition coefficient (Wildman–Crippen LogP) is 4.49. The topological polar surface area (TPSA) is 121 Å². The minimum absolute atomic E-state index is 0.0649. The Labute approximate surface area is 180 Å². The van der Waals surface area contributed by atoms with Gasteiger partial charge in [-0.1, -0.05) is 41.1 Å². The monoisotopic (exact) mass is 448 g/mol. The largest absolute Gasteiger partial charge is 0.490 e. The van der Waals surface area contributed by atoms with Crippen molar-refractivity contribution in [2.75, 3.05) is 19.3 Å². The Balaban J connectivity index is 2.24. The van der Waals surface area contributed by atoms with Crippen LogP contribution >= 0.6 is 22.9 Å². The number of halogens is 1. The van der Waals surface area contributed by atoms with Gasteiger partial charge in [-0.05, 0) is 30.7 Å². The second kappa shape index (κ2) is 8.66. The van der Waals surface area contributed by atoms with Gasteiger partial charge in [-0.3, -0.25) is 19.7 Å². The van der Waals surface area contributed by atoms with Crippen molar-refractivity contribution in [1.82, 2.24) is 4.98 Å². The molecule has 1 heterocycles. The summed E-state index contributed by atoms with van der Waals surface area (Å²) in [5.41, 5.74) is 6.80. The number of ether oxygens (including phenoxy) is 1. The fourth-order valence-electron chi connectivity index (χ4n) is 2.90. The summed E-state index contributed by atoms with van der Waals surface area (Å²) in [6.45, 7) is 1.76. The first-order valence-corrected chi connectivity index (χ1v) is 9.70. The first-order chi connectivity index (χ1) is 14.3. The molecule has 0 saturated carbocycles. The molecule has 2 N–H and O–H groups in total. The number of hydrogen-bond donors (Lipinski definition) is 1. The van der Waals surface area contributed by atoms with Crippen molar-refractivity contribution < 1.29 is 19.3 Å². The maximum absolute atomic E-state index is 12.1. The molecule has 3 rings (SSSR count). The van der Waals surface area contributed by atoms with Crippen LogP contribution in [0.4, 0.5) is 16.5 Å². The van der Waals surface area contributed by atoms with Gasteiger partial charge < -0.3 is 10.5 Å². The Kier molecular flexibility index (Phi) is 6.20. The van der Waals surface area contributed by atoms with Gasteiger partial charge in [0.2, 0.25) is 5.13 Å². The fourth-order valence-corrected chi connectivity index (χ4v) is 4.05. The van der Waals surface area contributed by atoms with Crippen molar-refractivity contribution in [3.63, 3.8) is 0 Å². The number of amides is 1. The SMILES string of the molecule is COc1cc(C)cc(N(OC)c2nc(-c3ccccc3Cl)c(C(N)=O)s2)c1[N+](=O)[O-]. The third-order valence-electron chi connectivity index (χ3n) is 4.15. The van der Waals surface area contributed by atoms with E-state index in [4.69, 9.17) is 26.9 Å². The summed E-state index contributed by atoms with van der Waals surface area (Å²) in [7, 11) is 2.67. The van der Waals surface area contributed by atoms with Gasteiger partial charge in [-0.25, -0.2) is 4.98 Å². The molecule has 0 spiro atoms. The number of thiazole rings is 1. The Morgan fingerprint density at radius 1 is 1.30 bits per heavy atom. The quantitative estimate of drug-likeness (QED) is 0.417. The zero-order valence-corrected chi connectivity index (χ0v) is 17.8. The molecule has 0 unspecified atom stereocenters. The van der Waals surface area contributed by atoms with Gasteiger partial charge in [0.05, 0.1) is 29.9 Å². The fraction of sp³-hybridized carbons (Fsp3) is 0.158. The van der Waals surface area contributed by atoms with E-state index in [-0.39, 0.29) is 32.8 Å². The van der Waals surface area contributed by atoms with Crippen molar-refractivity contribution in [2.45, 2.75) is 6.92 Å². The molecule has 1 aromatic heterocycles. The molecule has 0 aliphatic heterocycles. The lowest BCUT2D eigenvalue weighted by molar-refractivity contribution is -0.385. The van der Waals surface area contributed by atoms with E-state index in [2.05, 4.69) is 4.98 Å². The zero-order valence-electron chi connectivity index (χ0n) is 16.2. The Bertz CT molecular complexity index is 1130. The molecule has 0 saturated heterocycles. The number of nitrogens with two attached hydrogens (primary N) is 1. The van der Waals surface area contributed by atoms with E-state index in [0.717, 1.165) is 16.4 Å². The van der Waals surface area contributed by atoms with E-state index in [1.54, 1.807) is 43.3 Å². The van der Waals surface area contributed by atoms with Crippen LogP contribution in [-0.4, -0.2) is 30.0 Å². The molecular weight excluding hydrogens is 432 g/mol. The molecule has 2 aromatic carbocycles. The van der Waals surface area contributed by atoms with Crippen LogP contribution in [0.3, 0.4) is 0 Å². The molecule has 3 aromatic rings. The Morgan fingerprint density at radius 2 is 2.00 bits per heavy atom. The highest BCUT2D eigenvalue weighted by Crippen LogP contribution is 2.44.